The summed E-state index contributed by atoms with van der Waals surface area (Å²) in [4.78, 5) is 9.23. The summed E-state index contributed by atoms with van der Waals surface area (Å²) in [6, 6.07) is 10.0. The first-order valence-electron chi connectivity index (χ1n) is 8.63. The normalized spacial score (nSPS) is 19.2. The minimum absolute atomic E-state index is 0.208. The molecule has 0 aliphatic carbocycles. The summed E-state index contributed by atoms with van der Waals surface area (Å²) in [6.07, 6.45) is -0.208. The van der Waals surface area contributed by atoms with Gasteiger partial charge in [-0.25, -0.2) is 0 Å². The number of benzene rings is 1. The number of rotatable bonds is 3. The number of fused-ring (bicyclic) bond motifs is 1. The molecule has 6 nitrogen and oxygen atoms in total. The molecule has 2 aliphatic heterocycles. The first kappa shape index (κ1) is 15.9. The van der Waals surface area contributed by atoms with Gasteiger partial charge in [-0.05, 0) is 25.1 Å². The van der Waals surface area contributed by atoms with Crippen LogP contribution in [0.2, 0.25) is 0 Å². The van der Waals surface area contributed by atoms with Gasteiger partial charge in [0, 0.05) is 50.4 Å². The van der Waals surface area contributed by atoms with Gasteiger partial charge in [0.2, 0.25) is 12.2 Å². The molecule has 1 saturated heterocycles. The van der Waals surface area contributed by atoms with E-state index in [1.165, 1.54) is 5.69 Å². The largest absolute Gasteiger partial charge is 0.481 e. The summed E-state index contributed by atoms with van der Waals surface area (Å²) in [6.45, 7) is 7.74. The van der Waals surface area contributed by atoms with Crippen molar-refractivity contribution < 1.29 is 14.2 Å². The highest BCUT2D eigenvalue weighted by molar-refractivity contribution is 5.65. The number of hydrogen-bond acceptors (Lipinski definition) is 6. The standard InChI is InChI=1S/C19H23N3O3/c1-13-15(7-8-16-19(13)25-14(2)24-16)21-9-11-22(12-10-21)17-5-4-6-18(20-17)23-3/h4-8,14H,9-12H2,1-3H3. The van der Waals surface area contributed by atoms with E-state index < -0.39 is 0 Å². The third-order valence-electron chi connectivity index (χ3n) is 4.78. The van der Waals surface area contributed by atoms with Gasteiger partial charge in [-0.15, -0.1) is 0 Å². The minimum Gasteiger partial charge on any atom is -0.481 e. The van der Waals surface area contributed by atoms with E-state index in [9.17, 15) is 0 Å². The van der Waals surface area contributed by atoms with Gasteiger partial charge in [-0.3, -0.25) is 0 Å². The van der Waals surface area contributed by atoms with E-state index in [0.717, 1.165) is 49.1 Å². The Bertz CT molecular complexity index is 773. The Balaban J connectivity index is 1.48. The van der Waals surface area contributed by atoms with Crippen LogP contribution in [0.3, 0.4) is 0 Å². The first-order chi connectivity index (χ1) is 12.2. The molecule has 1 fully saturated rings. The van der Waals surface area contributed by atoms with Gasteiger partial charge < -0.3 is 24.0 Å². The molecule has 0 amide bonds. The van der Waals surface area contributed by atoms with Crippen LogP contribution in [0.1, 0.15) is 12.5 Å². The fourth-order valence-corrected chi connectivity index (χ4v) is 3.48. The summed E-state index contributed by atoms with van der Waals surface area (Å²) in [7, 11) is 1.65. The molecule has 0 saturated carbocycles. The Labute approximate surface area is 147 Å². The number of nitrogens with zero attached hydrogens (tertiary/aromatic N) is 3. The lowest BCUT2D eigenvalue weighted by molar-refractivity contribution is 0.0675. The Kier molecular flexibility index (Phi) is 4.03. The summed E-state index contributed by atoms with van der Waals surface area (Å²) in [5, 5.41) is 0. The van der Waals surface area contributed by atoms with E-state index >= 15 is 0 Å². The molecule has 0 radical (unpaired) electrons. The van der Waals surface area contributed by atoms with E-state index in [1.54, 1.807) is 7.11 Å². The molecule has 4 rings (SSSR count). The average Bonchev–Trinajstić information content (AvgIpc) is 3.04. The zero-order chi connectivity index (χ0) is 17.4. The summed E-state index contributed by atoms with van der Waals surface area (Å²) in [5.74, 6) is 3.34. The molecule has 2 aromatic rings. The molecule has 2 aliphatic rings. The molecular formula is C19H23N3O3. The number of piperazine rings is 1. The first-order valence-corrected chi connectivity index (χ1v) is 8.63. The Morgan fingerprint density at radius 1 is 1.04 bits per heavy atom. The molecule has 1 unspecified atom stereocenters. The third kappa shape index (κ3) is 2.92. The predicted molar refractivity (Wildman–Crippen MR) is 97.1 cm³/mol. The van der Waals surface area contributed by atoms with Gasteiger partial charge in [0.05, 0.1) is 7.11 Å². The van der Waals surface area contributed by atoms with Crippen LogP contribution in [0.25, 0.3) is 0 Å². The molecule has 0 spiro atoms. The van der Waals surface area contributed by atoms with Gasteiger partial charge in [-0.2, -0.15) is 4.98 Å². The van der Waals surface area contributed by atoms with E-state index in [2.05, 4.69) is 27.8 Å². The lowest BCUT2D eigenvalue weighted by Crippen LogP contribution is -2.47. The molecule has 0 bridgehead atoms. The van der Waals surface area contributed by atoms with Crippen LogP contribution in [-0.4, -0.2) is 44.6 Å². The van der Waals surface area contributed by atoms with Crippen LogP contribution in [-0.2, 0) is 0 Å². The average molecular weight is 341 g/mol. The summed E-state index contributed by atoms with van der Waals surface area (Å²) >= 11 is 0. The van der Waals surface area contributed by atoms with Crippen molar-refractivity contribution in [3.63, 3.8) is 0 Å². The highest BCUT2D eigenvalue weighted by Crippen LogP contribution is 2.42. The maximum Gasteiger partial charge on any atom is 0.238 e. The van der Waals surface area contributed by atoms with Crippen LogP contribution < -0.4 is 24.0 Å². The maximum absolute atomic E-state index is 5.80. The van der Waals surface area contributed by atoms with Gasteiger partial charge in [0.1, 0.15) is 5.82 Å². The fraction of sp³-hybridized carbons (Fsp3) is 0.421. The second kappa shape index (κ2) is 6.35. The van der Waals surface area contributed by atoms with E-state index in [4.69, 9.17) is 14.2 Å². The van der Waals surface area contributed by atoms with Crippen LogP contribution >= 0.6 is 0 Å². The molecular weight excluding hydrogens is 318 g/mol. The predicted octanol–water partition coefficient (Wildman–Crippen LogP) is 2.84. The lowest BCUT2D eigenvalue weighted by atomic mass is 10.1. The smallest absolute Gasteiger partial charge is 0.238 e. The van der Waals surface area contributed by atoms with Gasteiger partial charge >= 0.3 is 0 Å². The van der Waals surface area contributed by atoms with Crippen molar-refractivity contribution in [1.82, 2.24) is 4.98 Å². The van der Waals surface area contributed by atoms with Crippen LogP contribution in [0.5, 0.6) is 17.4 Å². The topological polar surface area (TPSA) is 47.1 Å². The van der Waals surface area contributed by atoms with Crippen LogP contribution in [0, 0.1) is 6.92 Å². The third-order valence-corrected chi connectivity index (χ3v) is 4.78. The number of methoxy groups -OCH3 is 1. The number of aromatic nitrogens is 1. The summed E-state index contributed by atoms with van der Waals surface area (Å²) in [5.41, 5.74) is 2.37. The van der Waals surface area contributed by atoms with E-state index in [0.29, 0.717) is 5.88 Å². The zero-order valence-corrected chi connectivity index (χ0v) is 14.9. The van der Waals surface area contributed by atoms with Gasteiger partial charge in [0.15, 0.2) is 11.5 Å². The SMILES string of the molecule is COc1cccc(N2CCN(c3ccc4c(c3C)OC(C)O4)CC2)n1. The maximum atomic E-state index is 5.80. The molecule has 132 valence electrons. The highest BCUT2D eigenvalue weighted by Gasteiger charge is 2.26. The molecule has 1 aromatic heterocycles. The molecule has 6 heteroatoms. The number of ether oxygens (including phenoxy) is 3. The van der Waals surface area contributed by atoms with Crippen molar-refractivity contribution in [3.8, 4) is 17.4 Å². The van der Waals surface area contributed by atoms with Crippen LogP contribution in [0.15, 0.2) is 30.3 Å². The van der Waals surface area contributed by atoms with Crippen molar-refractivity contribution in [3.05, 3.63) is 35.9 Å². The molecule has 25 heavy (non-hydrogen) atoms. The monoisotopic (exact) mass is 341 g/mol. The molecule has 0 N–H and O–H groups in total. The Morgan fingerprint density at radius 2 is 1.80 bits per heavy atom. The number of hydrogen-bond donors (Lipinski definition) is 0. The van der Waals surface area contributed by atoms with Gasteiger partial charge in [0.25, 0.3) is 0 Å². The second-order valence-corrected chi connectivity index (χ2v) is 6.35. The van der Waals surface area contributed by atoms with Crippen LogP contribution in [0.4, 0.5) is 11.5 Å². The Morgan fingerprint density at radius 3 is 2.56 bits per heavy atom. The van der Waals surface area contributed by atoms with Crippen molar-refractivity contribution in [2.45, 2.75) is 20.1 Å². The molecule has 1 aromatic carbocycles. The lowest BCUT2D eigenvalue weighted by Gasteiger charge is -2.37. The van der Waals surface area contributed by atoms with E-state index in [-0.39, 0.29) is 6.29 Å². The quantitative estimate of drug-likeness (QED) is 0.856. The van der Waals surface area contributed by atoms with Crippen molar-refractivity contribution >= 4 is 11.5 Å². The summed E-state index contributed by atoms with van der Waals surface area (Å²) < 4.78 is 16.7. The number of anilines is 2. The number of pyridine rings is 1. The Hall–Kier alpha value is -2.63. The molecule has 1 atom stereocenters. The van der Waals surface area contributed by atoms with Crippen molar-refractivity contribution in [2.75, 3.05) is 43.1 Å². The zero-order valence-electron chi connectivity index (χ0n) is 14.9. The second-order valence-electron chi connectivity index (χ2n) is 6.35. The highest BCUT2D eigenvalue weighted by atomic mass is 16.7. The van der Waals surface area contributed by atoms with Crippen molar-refractivity contribution in [1.29, 1.82) is 0 Å². The fourth-order valence-electron chi connectivity index (χ4n) is 3.48. The molecule has 3 heterocycles. The van der Waals surface area contributed by atoms with E-state index in [1.807, 2.05) is 31.2 Å². The minimum atomic E-state index is -0.208. The van der Waals surface area contributed by atoms with Gasteiger partial charge in [-0.1, -0.05) is 6.07 Å². The van der Waals surface area contributed by atoms with Crippen molar-refractivity contribution in [2.24, 2.45) is 0 Å².